The molecule has 96 valence electrons. The topological polar surface area (TPSA) is 72.9 Å². The van der Waals surface area contributed by atoms with Crippen molar-refractivity contribution in [3.8, 4) is 0 Å². The number of rotatable bonds is 4. The second kappa shape index (κ2) is 5.18. The van der Waals surface area contributed by atoms with Gasteiger partial charge in [-0.2, -0.15) is 0 Å². The summed E-state index contributed by atoms with van der Waals surface area (Å²) >= 11 is 0. The van der Waals surface area contributed by atoms with E-state index in [1.54, 1.807) is 0 Å². The van der Waals surface area contributed by atoms with Crippen LogP contribution in [0.15, 0.2) is 24.3 Å². The molecule has 1 heterocycles. The minimum absolute atomic E-state index is 0.00686. The maximum absolute atomic E-state index is 11.9. The maximum Gasteiger partial charge on any atom is 0.240 e. The van der Waals surface area contributed by atoms with Crippen molar-refractivity contribution in [3.63, 3.8) is 0 Å². The number of fused-ring (bicyclic) bond motifs is 1. The number of amides is 1. The van der Waals surface area contributed by atoms with Crippen LogP contribution in [0, 0.1) is 6.92 Å². The number of nitrogens with zero attached hydrogens (tertiary/aromatic N) is 2. The third-order valence-corrected chi connectivity index (χ3v) is 2.91. The smallest absolute Gasteiger partial charge is 0.240 e. The number of nitrogens with two attached hydrogens (primary N) is 1. The lowest BCUT2D eigenvalue weighted by atomic mass is 10.3. The van der Waals surface area contributed by atoms with Crippen LogP contribution in [0.2, 0.25) is 0 Å². The summed E-state index contributed by atoms with van der Waals surface area (Å²) in [5, 5.41) is 2.85. The number of imidazole rings is 1. The lowest BCUT2D eigenvalue weighted by molar-refractivity contribution is -0.122. The average molecular weight is 246 g/mol. The average Bonchev–Trinajstić information content (AvgIpc) is 2.66. The van der Waals surface area contributed by atoms with Crippen molar-refractivity contribution in [2.24, 2.45) is 5.73 Å². The standard InChI is InChI=1S/C13H18N4O/c1-9(7-14)15-13(18)8-17-10(2)16-11-5-3-4-6-12(11)17/h3-6,9H,7-8,14H2,1-2H3,(H,15,18)/t9-/m0/s1. The van der Waals surface area contributed by atoms with E-state index in [4.69, 9.17) is 5.73 Å². The van der Waals surface area contributed by atoms with Crippen LogP contribution in [0.5, 0.6) is 0 Å². The van der Waals surface area contributed by atoms with Gasteiger partial charge in [-0.3, -0.25) is 4.79 Å². The molecule has 0 fully saturated rings. The SMILES string of the molecule is Cc1nc2ccccc2n1CC(=O)N[C@@H](C)CN. The summed E-state index contributed by atoms with van der Waals surface area (Å²) in [5.41, 5.74) is 7.37. The molecule has 3 N–H and O–H groups in total. The summed E-state index contributed by atoms with van der Waals surface area (Å²) in [6, 6.07) is 7.79. The van der Waals surface area contributed by atoms with Gasteiger partial charge in [0.05, 0.1) is 11.0 Å². The van der Waals surface area contributed by atoms with E-state index in [-0.39, 0.29) is 18.5 Å². The summed E-state index contributed by atoms with van der Waals surface area (Å²) in [6.07, 6.45) is 0. The summed E-state index contributed by atoms with van der Waals surface area (Å²) in [4.78, 5) is 16.3. The first-order chi connectivity index (χ1) is 8.61. The monoisotopic (exact) mass is 246 g/mol. The van der Waals surface area contributed by atoms with Gasteiger partial charge in [0.1, 0.15) is 12.4 Å². The minimum Gasteiger partial charge on any atom is -0.351 e. The van der Waals surface area contributed by atoms with Crippen LogP contribution in [0.3, 0.4) is 0 Å². The molecule has 0 spiro atoms. The van der Waals surface area contributed by atoms with Crippen molar-refractivity contribution in [3.05, 3.63) is 30.1 Å². The third-order valence-electron chi connectivity index (χ3n) is 2.91. The van der Waals surface area contributed by atoms with Crippen molar-refractivity contribution in [1.82, 2.24) is 14.9 Å². The number of carbonyl (C=O) groups is 1. The van der Waals surface area contributed by atoms with Gasteiger partial charge in [0.15, 0.2) is 0 Å². The van der Waals surface area contributed by atoms with Gasteiger partial charge in [0.2, 0.25) is 5.91 Å². The molecule has 1 amide bonds. The Labute approximate surface area is 106 Å². The lowest BCUT2D eigenvalue weighted by Crippen LogP contribution is -2.39. The molecule has 0 aliphatic rings. The van der Waals surface area contributed by atoms with Crippen LogP contribution in [0.4, 0.5) is 0 Å². The fraction of sp³-hybridized carbons (Fsp3) is 0.385. The zero-order valence-corrected chi connectivity index (χ0v) is 10.7. The molecule has 1 aromatic heterocycles. The van der Waals surface area contributed by atoms with Crippen LogP contribution in [-0.4, -0.2) is 28.0 Å². The summed E-state index contributed by atoms with van der Waals surface area (Å²) in [5.74, 6) is 0.797. The quantitative estimate of drug-likeness (QED) is 0.838. The fourth-order valence-electron chi connectivity index (χ4n) is 1.92. The molecule has 18 heavy (non-hydrogen) atoms. The molecule has 5 heteroatoms. The van der Waals surface area contributed by atoms with E-state index in [9.17, 15) is 4.79 Å². The summed E-state index contributed by atoms with van der Waals surface area (Å²) in [7, 11) is 0. The van der Waals surface area contributed by atoms with Crippen LogP contribution >= 0.6 is 0 Å². The number of hydrogen-bond acceptors (Lipinski definition) is 3. The highest BCUT2D eigenvalue weighted by atomic mass is 16.2. The number of hydrogen-bond donors (Lipinski definition) is 2. The Balaban J connectivity index is 2.21. The number of benzene rings is 1. The lowest BCUT2D eigenvalue weighted by Gasteiger charge is -2.12. The number of aryl methyl sites for hydroxylation is 1. The Bertz CT molecular complexity index is 561. The van der Waals surface area contributed by atoms with E-state index >= 15 is 0 Å². The van der Waals surface area contributed by atoms with E-state index < -0.39 is 0 Å². The van der Waals surface area contributed by atoms with Gasteiger partial charge in [-0.15, -0.1) is 0 Å². The van der Waals surface area contributed by atoms with Crippen LogP contribution in [-0.2, 0) is 11.3 Å². The van der Waals surface area contributed by atoms with E-state index in [2.05, 4.69) is 10.3 Å². The highest BCUT2D eigenvalue weighted by Crippen LogP contribution is 2.14. The van der Waals surface area contributed by atoms with Gasteiger partial charge in [0.25, 0.3) is 0 Å². The van der Waals surface area contributed by atoms with Crippen molar-refractivity contribution in [1.29, 1.82) is 0 Å². The first-order valence-corrected chi connectivity index (χ1v) is 6.03. The van der Waals surface area contributed by atoms with Crippen molar-refractivity contribution >= 4 is 16.9 Å². The molecule has 0 aliphatic carbocycles. The Kier molecular flexibility index (Phi) is 3.62. The summed E-state index contributed by atoms with van der Waals surface area (Å²) < 4.78 is 1.91. The van der Waals surface area contributed by atoms with Crippen molar-refractivity contribution < 1.29 is 4.79 Å². The molecule has 1 atom stereocenters. The van der Waals surface area contributed by atoms with Gasteiger partial charge in [-0.1, -0.05) is 12.1 Å². The number of carbonyl (C=O) groups excluding carboxylic acids is 1. The van der Waals surface area contributed by atoms with Crippen LogP contribution in [0.1, 0.15) is 12.7 Å². The molecule has 0 aliphatic heterocycles. The molecule has 0 saturated carbocycles. The molecule has 0 unspecified atom stereocenters. The highest BCUT2D eigenvalue weighted by molar-refractivity contribution is 5.81. The van der Waals surface area contributed by atoms with Crippen molar-refractivity contribution in [2.75, 3.05) is 6.54 Å². The molecule has 0 saturated heterocycles. The minimum atomic E-state index is -0.0424. The Morgan fingerprint density at radius 3 is 2.94 bits per heavy atom. The fourth-order valence-corrected chi connectivity index (χ4v) is 1.92. The molecular weight excluding hydrogens is 228 g/mol. The first-order valence-electron chi connectivity index (χ1n) is 6.03. The molecule has 0 radical (unpaired) electrons. The van der Waals surface area contributed by atoms with Gasteiger partial charge in [-0.05, 0) is 26.0 Å². The van der Waals surface area contributed by atoms with Crippen LogP contribution in [0.25, 0.3) is 11.0 Å². The second-order valence-electron chi connectivity index (χ2n) is 4.44. The van der Waals surface area contributed by atoms with E-state index in [1.165, 1.54) is 0 Å². The third kappa shape index (κ3) is 2.51. The first kappa shape index (κ1) is 12.6. The molecule has 0 bridgehead atoms. The van der Waals surface area contributed by atoms with E-state index in [0.717, 1.165) is 16.9 Å². The molecule has 1 aromatic carbocycles. The summed E-state index contributed by atoms with van der Waals surface area (Å²) in [6.45, 7) is 4.50. The normalized spacial score (nSPS) is 12.6. The molecule has 5 nitrogen and oxygen atoms in total. The predicted octanol–water partition coefficient (Wildman–Crippen LogP) is 0.808. The largest absolute Gasteiger partial charge is 0.351 e. The van der Waals surface area contributed by atoms with Gasteiger partial charge in [-0.25, -0.2) is 4.98 Å². The Hall–Kier alpha value is -1.88. The maximum atomic E-state index is 11.9. The van der Waals surface area contributed by atoms with Gasteiger partial charge >= 0.3 is 0 Å². The van der Waals surface area contributed by atoms with Gasteiger partial charge < -0.3 is 15.6 Å². The Morgan fingerprint density at radius 1 is 1.50 bits per heavy atom. The molecule has 2 rings (SSSR count). The van der Waals surface area contributed by atoms with E-state index in [0.29, 0.717) is 6.54 Å². The second-order valence-corrected chi connectivity index (χ2v) is 4.44. The predicted molar refractivity (Wildman–Crippen MR) is 71.1 cm³/mol. The van der Waals surface area contributed by atoms with E-state index in [1.807, 2.05) is 42.7 Å². The van der Waals surface area contributed by atoms with Gasteiger partial charge in [0, 0.05) is 12.6 Å². The number of para-hydroxylation sites is 2. The van der Waals surface area contributed by atoms with Crippen LogP contribution < -0.4 is 11.1 Å². The molecule has 2 aromatic rings. The number of aromatic nitrogens is 2. The molecular formula is C13H18N4O. The van der Waals surface area contributed by atoms with Crippen molar-refractivity contribution in [2.45, 2.75) is 26.4 Å². The zero-order valence-electron chi connectivity index (χ0n) is 10.7. The Morgan fingerprint density at radius 2 is 2.22 bits per heavy atom. The highest BCUT2D eigenvalue weighted by Gasteiger charge is 2.11. The zero-order chi connectivity index (χ0) is 13.1. The number of nitrogens with one attached hydrogen (secondary N) is 1.